The van der Waals surface area contributed by atoms with Crippen LogP contribution in [0, 0.1) is 0 Å². The van der Waals surface area contributed by atoms with Crippen molar-refractivity contribution in [2.24, 2.45) is 0 Å². The highest BCUT2D eigenvalue weighted by molar-refractivity contribution is 6.31. The third kappa shape index (κ3) is 3.96. The lowest BCUT2D eigenvalue weighted by molar-refractivity contribution is -0.200. The van der Waals surface area contributed by atoms with Crippen LogP contribution in [0.15, 0.2) is 40.2 Å². The predicted octanol–water partition coefficient (Wildman–Crippen LogP) is 0.210. The fourth-order valence-electron chi connectivity index (χ4n) is 3.52. The molecule has 1 fully saturated rings. The van der Waals surface area contributed by atoms with E-state index in [1.165, 1.54) is 5.01 Å². The molecule has 2 N–H and O–H groups in total. The second-order valence-electron chi connectivity index (χ2n) is 6.99. The van der Waals surface area contributed by atoms with Crippen molar-refractivity contribution >= 4 is 28.7 Å². The quantitative estimate of drug-likeness (QED) is 0.558. The molecule has 32 heavy (non-hydrogen) atoms. The van der Waals surface area contributed by atoms with Crippen molar-refractivity contribution in [1.82, 2.24) is 24.7 Å². The topological polar surface area (TPSA) is 114 Å². The maximum absolute atomic E-state index is 13.1. The Labute approximate surface area is 182 Å². The van der Waals surface area contributed by atoms with E-state index in [0.717, 1.165) is 11.9 Å². The van der Waals surface area contributed by atoms with E-state index in [1.807, 2.05) is 0 Å². The number of H-pyrrole nitrogens is 1. The Morgan fingerprint density at radius 3 is 2.75 bits per heavy atom. The number of fused-ring (bicyclic) bond motifs is 1. The van der Waals surface area contributed by atoms with E-state index < -0.39 is 35.1 Å². The summed E-state index contributed by atoms with van der Waals surface area (Å²) in [6, 6.07) is 6.58. The summed E-state index contributed by atoms with van der Waals surface area (Å²) >= 11 is 6.24. The molecule has 1 aromatic carbocycles. The Balaban J connectivity index is 1.82. The Morgan fingerprint density at radius 2 is 2.03 bits per heavy atom. The molecule has 170 valence electrons. The minimum Gasteiger partial charge on any atom is -0.339 e. The number of hydrogen-bond acceptors (Lipinski definition) is 7. The lowest BCUT2D eigenvalue weighted by Gasteiger charge is -2.38. The van der Waals surface area contributed by atoms with Crippen molar-refractivity contribution in [2.45, 2.75) is 18.6 Å². The normalized spacial score (nSPS) is 17.0. The number of imidazole rings is 1. The van der Waals surface area contributed by atoms with Crippen molar-refractivity contribution in [1.29, 1.82) is 0 Å². The van der Waals surface area contributed by atoms with Gasteiger partial charge in [-0.3, -0.25) is 9.80 Å². The first-order chi connectivity index (χ1) is 15.2. The minimum atomic E-state index is -5.36. The van der Waals surface area contributed by atoms with Gasteiger partial charge in [-0.2, -0.15) is 17.8 Å². The van der Waals surface area contributed by atoms with Gasteiger partial charge in [-0.15, -0.1) is 0 Å². The van der Waals surface area contributed by atoms with Gasteiger partial charge in [0.2, 0.25) is 5.65 Å². The average Bonchev–Trinajstić information content (AvgIpc) is 3.23. The summed E-state index contributed by atoms with van der Waals surface area (Å²) in [5.41, 5.74) is -2.21. The molecule has 10 nitrogen and oxygen atoms in total. The van der Waals surface area contributed by atoms with Crippen LogP contribution in [0.2, 0.25) is 5.02 Å². The summed E-state index contributed by atoms with van der Waals surface area (Å²) in [4.78, 5) is 47.9. The molecule has 0 bridgehead atoms. The monoisotopic (exact) mass is 472 g/mol. The maximum atomic E-state index is 13.1. The minimum absolute atomic E-state index is 0.0671. The number of aromatic nitrogens is 4. The van der Waals surface area contributed by atoms with Gasteiger partial charge < -0.3 is 15.1 Å². The zero-order valence-electron chi connectivity index (χ0n) is 16.2. The van der Waals surface area contributed by atoms with Crippen molar-refractivity contribution in [2.75, 3.05) is 24.6 Å². The molecule has 4 rings (SSSR count). The molecule has 1 aliphatic heterocycles. The highest BCUT2D eigenvalue weighted by Crippen LogP contribution is 2.19. The first-order valence-electron chi connectivity index (χ1n) is 9.40. The lowest BCUT2D eigenvalue weighted by Crippen LogP contribution is -2.64. The van der Waals surface area contributed by atoms with Crippen LogP contribution >= 0.6 is 11.6 Å². The van der Waals surface area contributed by atoms with Gasteiger partial charge >= 0.3 is 23.4 Å². The molecule has 1 unspecified atom stereocenters. The van der Waals surface area contributed by atoms with Gasteiger partial charge in [0.15, 0.2) is 5.52 Å². The molecule has 0 amide bonds. The van der Waals surface area contributed by atoms with E-state index in [0.29, 0.717) is 29.2 Å². The van der Waals surface area contributed by atoms with Crippen LogP contribution in [0.4, 0.5) is 13.2 Å². The second kappa shape index (κ2) is 8.31. The van der Waals surface area contributed by atoms with Crippen molar-refractivity contribution < 1.29 is 22.8 Å². The molecule has 1 atom stereocenters. The van der Waals surface area contributed by atoms with Crippen molar-refractivity contribution in [3.05, 3.63) is 62.0 Å². The number of alkyl halides is 3. The van der Waals surface area contributed by atoms with E-state index in [1.54, 1.807) is 24.3 Å². The molecule has 0 saturated carbocycles. The molecule has 2 aromatic heterocycles. The van der Waals surface area contributed by atoms with Crippen LogP contribution in [0.1, 0.15) is 5.56 Å². The number of rotatable bonds is 4. The Hall–Kier alpha value is -3.32. The fourth-order valence-corrected chi connectivity index (χ4v) is 3.73. The number of piperazine rings is 1. The van der Waals surface area contributed by atoms with E-state index >= 15 is 0 Å². The molecule has 1 aliphatic rings. The van der Waals surface area contributed by atoms with Gasteiger partial charge in [0.05, 0.1) is 12.4 Å². The van der Waals surface area contributed by atoms with Crippen LogP contribution in [0.25, 0.3) is 11.2 Å². The van der Waals surface area contributed by atoms with E-state index in [2.05, 4.69) is 20.1 Å². The van der Waals surface area contributed by atoms with Crippen LogP contribution in [-0.2, 0) is 11.2 Å². The van der Waals surface area contributed by atoms with Gasteiger partial charge in [0.1, 0.15) is 0 Å². The van der Waals surface area contributed by atoms with Crippen LogP contribution in [0.5, 0.6) is 0 Å². The third-order valence-corrected chi connectivity index (χ3v) is 5.34. The molecule has 3 heterocycles. The lowest BCUT2D eigenvalue weighted by atomic mass is 10.0. The van der Waals surface area contributed by atoms with Crippen molar-refractivity contribution in [3.8, 4) is 0 Å². The van der Waals surface area contributed by atoms with Gasteiger partial charge in [-0.25, -0.2) is 14.6 Å². The molecule has 0 radical (unpaired) electrons. The summed E-state index contributed by atoms with van der Waals surface area (Å²) in [5.74, 6) is -2.62. The zero-order chi connectivity index (χ0) is 23.0. The fraction of sp³-hybridized carbons (Fsp3) is 0.333. The maximum Gasteiger partial charge on any atom is 0.493 e. The third-order valence-electron chi connectivity index (χ3n) is 4.97. The highest BCUT2D eigenvalue weighted by atomic mass is 35.5. The van der Waals surface area contributed by atoms with Crippen LogP contribution < -0.4 is 26.4 Å². The zero-order valence-corrected chi connectivity index (χ0v) is 17.0. The summed E-state index contributed by atoms with van der Waals surface area (Å²) < 4.78 is 39.0. The summed E-state index contributed by atoms with van der Waals surface area (Å²) in [7, 11) is 0. The molecule has 0 spiro atoms. The Morgan fingerprint density at radius 1 is 1.28 bits per heavy atom. The van der Waals surface area contributed by atoms with Crippen molar-refractivity contribution in [3.63, 3.8) is 0 Å². The van der Waals surface area contributed by atoms with E-state index in [-0.39, 0.29) is 16.8 Å². The first kappa shape index (κ1) is 21.9. The molecule has 0 aliphatic carbocycles. The predicted molar refractivity (Wildman–Crippen MR) is 107 cm³/mol. The largest absolute Gasteiger partial charge is 0.493 e. The second-order valence-corrected chi connectivity index (χ2v) is 7.40. The van der Waals surface area contributed by atoms with Crippen LogP contribution in [0.3, 0.4) is 0 Å². The molecule has 1 saturated heterocycles. The molecular weight excluding hydrogens is 457 g/mol. The van der Waals surface area contributed by atoms with E-state index in [9.17, 15) is 27.6 Å². The van der Waals surface area contributed by atoms with Crippen LogP contribution in [-0.4, -0.2) is 57.2 Å². The standard InChI is InChI=1S/C18H16ClF3N6O4/c19-12-4-2-1-3-10(12)7-11-8-23-5-6-26(11)27-15(29)13-14(25-9-24-13)28(17(27)31)32-16(30)18(20,21)22/h1-4,9,11,23H,5-8H2,(H,24,25). The summed E-state index contributed by atoms with van der Waals surface area (Å²) in [6.07, 6.45) is -4.01. The van der Waals surface area contributed by atoms with Gasteiger partial charge in [-0.1, -0.05) is 34.5 Å². The highest BCUT2D eigenvalue weighted by Gasteiger charge is 2.43. The van der Waals surface area contributed by atoms with Gasteiger partial charge in [0.25, 0.3) is 0 Å². The number of benzene rings is 1. The Bertz CT molecular complexity index is 1280. The number of aromatic amines is 1. The summed E-state index contributed by atoms with van der Waals surface area (Å²) in [6.45, 7) is 0.936. The number of carbonyl (C=O) groups is 1. The Kier molecular flexibility index (Phi) is 5.69. The first-order valence-corrected chi connectivity index (χ1v) is 9.78. The SMILES string of the molecule is O=C(On1c(=O)n(N2CCNCC2Cc2ccccc2Cl)c(=O)c2[nH]cnc21)C(F)(F)F. The molecule has 14 heteroatoms. The number of hydrogen-bond donors (Lipinski definition) is 2. The number of nitrogens with zero attached hydrogens (tertiary/aromatic N) is 4. The molecule has 3 aromatic rings. The smallest absolute Gasteiger partial charge is 0.339 e. The average molecular weight is 473 g/mol. The summed E-state index contributed by atoms with van der Waals surface area (Å²) in [5, 5.41) is 5.06. The number of carbonyl (C=O) groups excluding carboxylic acids is 1. The molecular formula is C18H16ClF3N6O4. The van der Waals surface area contributed by atoms with E-state index in [4.69, 9.17) is 11.6 Å². The van der Waals surface area contributed by atoms with Gasteiger partial charge in [0, 0.05) is 24.7 Å². The van der Waals surface area contributed by atoms with Gasteiger partial charge in [-0.05, 0) is 18.1 Å². The number of halogens is 4. The number of nitrogens with one attached hydrogen (secondary N) is 2.